The van der Waals surface area contributed by atoms with E-state index in [1.807, 2.05) is 69.4 Å². The van der Waals surface area contributed by atoms with Crippen LogP contribution in [-0.2, 0) is 31.9 Å². The summed E-state index contributed by atoms with van der Waals surface area (Å²) in [5, 5.41) is 6.99. The van der Waals surface area contributed by atoms with Gasteiger partial charge in [0.1, 0.15) is 5.82 Å². The van der Waals surface area contributed by atoms with Crippen molar-refractivity contribution in [2.45, 2.75) is 52.4 Å². The summed E-state index contributed by atoms with van der Waals surface area (Å²) in [4.78, 5) is 5.03. The van der Waals surface area contributed by atoms with E-state index < -0.39 is 73.9 Å². The molecule has 81 heavy (non-hydrogen) atoms. The molecule has 0 saturated carbocycles. The van der Waals surface area contributed by atoms with E-state index in [4.69, 9.17) is 17.9 Å². The van der Waals surface area contributed by atoms with Crippen molar-refractivity contribution < 1.29 is 44.1 Å². The summed E-state index contributed by atoms with van der Waals surface area (Å²) in [6.07, 6.45) is 5.36. The third-order valence-corrected chi connectivity index (χ3v) is 19.8. The van der Waals surface area contributed by atoms with Gasteiger partial charge in [-0.05, 0) is 94.2 Å². The van der Waals surface area contributed by atoms with Crippen molar-refractivity contribution in [1.29, 1.82) is 0 Å². The summed E-state index contributed by atoms with van der Waals surface area (Å²) in [7, 11) is -2.95. The van der Waals surface area contributed by atoms with Crippen molar-refractivity contribution in [3.8, 4) is 50.9 Å². The number of hydrogen-bond acceptors (Lipinski definition) is 2. The van der Waals surface area contributed by atoms with Crippen LogP contribution in [-0.4, -0.2) is 22.2 Å². The number of pyridine rings is 1. The summed E-state index contributed by atoms with van der Waals surface area (Å²) >= 11 is 0. The summed E-state index contributed by atoms with van der Waals surface area (Å²) in [6, 6.07) is 66.0. The van der Waals surface area contributed by atoms with Crippen molar-refractivity contribution in [2.75, 3.05) is 0 Å². The number of ether oxygens (including phenoxy) is 1. The Morgan fingerprint density at radius 2 is 1.07 bits per heavy atom. The van der Waals surface area contributed by atoms with Crippen molar-refractivity contribution in [1.82, 2.24) is 14.1 Å². The van der Waals surface area contributed by atoms with E-state index in [1.165, 1.54) is 20.7 Å². The zero-order valence-corrected chi connectivity index (χ0v) is 48.8. The fourth-order valence-corrected chi connectivity index (χ4v) is 15.9. The van der Waals surface area contributed by atoms with E-state index in [0.29, 0.717) is 33.8 Å². The molecule has 3 heterocycles. The van der Waals surface area contributed by atoms with E-state index >= 15 is 0 Å². The molecule has 13 aromatic rings. The fraction of sp³-hybridized carbons (Fsp3) is 0.108. The fourth-order valence-electron chi connectivity index (χ4n) is 11.1. The van der Waals surface area contributed by atoms with E-state index in [-0.39, 0.29) is 54.4 Å². The van der Waals surface area contributed by atoms with Gasteiger partial charge in [-0.1, -0.05) is 247 Å². The molecule has 0 aliphatic carbocycles. The van der Waals surface area contributed by atoms with Crippen LogP contribution in [0.15, 0.2) is 255 Å². The smallest absolute Gasteiger partial charge is 0.268 e. The molecule has 0 bridgehead atoms. The van der Waals surface area contributed by atoms with Crippen LogP contribution in [0.4, 0.5) is 0 Å². The van der Waals surface area contributed by atoms with Gasteiger partial charge >= 0.3 is 0 Å². The largest absolute Gasteiger partial charge is 0.510 e. The van der Waals surface area contributed by atoms with Gasteiger partial charge in [0.15, 0.2) is 8.07 Å². The van der Waals surface area contributed by atoms with Crippen LogP contribution in [0.1, 0.15) is 66.4 Å². The molecular formula is C74H60N4OPtSi-2. The molecule has 10 aromatic carbocycles. The molecule has 0 saturated heterocycles. The standard InChI is InChI=1S/C74H60N4OSi.Pt/c1-73(2,3)54-43-44-75-71(47-54)78-67-42-40-62(80(59-31-16-9-17-32-59,60-33-18-10-19-34-60)61-35-20-11-21-36-61)50-66(67)63-41-39-58(49-70(63)78)79-57-30-24-29-56(48-57)76-51-77(69-38-23-22-37-68(69)76)72-64(52-25-12-7-13-26-52)45-55(74(4,5)6)46-65(72)53-27-14-8-15-28-53;/h7-47,50H,1-6H3;/q-2;/i7D,8D,12D,13D,14D,15D,25D,26D,27D,28D;. The Bertz CT molecular complexity index is 4780. The molecule has 0 spiro atoms. The van der Waals surface area contributed by atoms with Crippen molar-refractivity contribution >= 4 is 61.7 Å². The van der Waals surface area contributed by atoms with Gasteiger partial charge in [-0.3, -0.25) is 4.57 Å². The number of benzene rings is 10. The molecule has 0 radical (unpaired) electrons. The predicted molar refractivity (Wildman–Crippen MR) is 332 cm³/mol. The molecule has 5 nitrogen and oxygen atoms in total. The van der Waals surface area contributed by atoms with Gasteiger partial charge in [-0.15, -0.1) is 29.7 Å². The van der Waals surface area contributed by atoms with E-state index in [9.17, 15) is 5.48 Å². The molecule has 0 aliphatic heterocycles. The number of imidazole rings is 1. The molecule has 0 N–H and O–H groups in total. The minimum absolute atomic E-state index is 0. The second kappa shape index (κ2) is 21.4. The molecular weight excluding hydrogens is 1180 g/mol. The summed E-state index contributed by atoms with van der Waals surface area (Å²) in [6.45, 7) is 12.4. The van der Waals surface area contributed by atoms with Crippen molar-refractivity contribution in [3.05, 3.63) is 284 Å². The Morgan fingerprint density at radius 3 is 1.67 bits per heavy atom. The minimum atomic E-state index is -2.95. The topological polar surface area (TPSA) is 35.9 Å². The number of fused-ring (bicyclic) bond motifs is 4. The van der Waals surface area contributed by atoms with Crippen molar-refractivity contribution in [3.63, 3.8) is 0 Å². The third kappa shape index (κ3) is 9.67. The molecule has 7 heteroatoms. The average Bonchev–Trinajstić information content (AvgIpc) is 1.73. The number of para-hydroxylation sites is 2. The second-order valence-corrected chi connectivity index (χ2v) is 25.9. The number of nitrogens with zero attached hydrogens (tertiary/aromatic N) is 4. The maximum Gasteiger partial charge on any atom is 0.268 e. The molecule has 0 unspecified atom stereocenters. The monoisotopic (exact) mass is 1250 g/mol. The Hall–Kier alpha value is -8.67. The quantitative estimate of drug-likeness (QED) is 0.0560. The SMILES string of the molecule is [2H]c1c([2H])c([2H])c(-c2cc(C(C)(C)C)cc(-c3c([2H])c([2H])c([2H])c([2H])c3[2H])c2-[n+]2[c-]n(-c3[c-]c(Oc4[c-]c5c(cc4)c4cc([Si](c6ccccc6)(c6ccccc6)c6ccccc6)ccc4n5-c4cc(C(C)(C)C)ccn4)ccc3)c3ccccc32)c([2H])c1[2H].[Pt]. The Balaban J connectivity index is 0.00000800. The first-order valence-electron chi connectivity index (χ1n) is 31.7. The third-order valence-electron chi connectivity index (χ3n) is 15.1. The minimum Gasteiger partial charge on any atom is -0.510 e. The van der Waals surface area contributed by atoms with Crippen LogP contribution in [0.5, 0.6) is 11.5 Å². The Kier molecular flexibility index (Phi) is 11.2. The normalized spacial score (nSPS) is 13.7. The molecule has 0 aliphatic rings. The number of hydrogen-bond donors (Lipinski definition) is 0. The zero-order valence-electron chi connectivity index (χ0n) is 55.5. The maximum atomic E-state index is 9.33. The molecule has 13 rings (SSSR count). The first-order valence-corrected chi connectivity index (χ1v) is 28.7. The van der Waals surface area contributed by atoms with Gasteiger partial charge in [0, 0.05) is 44.3 Å². The van der Waals surface area contributed by atoms with Gasteiger partial charge in [0.05, 0.1) is 30.4 Å². The van der Waals surface area contributed by atoms with Gasteiger partial charge in [-0.2, -0.15) is 18.2 Å². The van der Waals surface area contributed by atoms with Crippen LogP contribution in [0, 0.1) is 18.5 Å². The van der Waals surface area contributed by atoms with Crippen LogP contribution < -0.4 is 30.1 Å². The van der Waals surface area contributed by atoms with Gasteiger partial charge < -0.3 is 13.9 Å². The van der Waals surface area contributed by atoms with E-state index in [2.05, 4.69) is 171 Å². The number of rotatable bonds is 11. The van der Waals surface area contributed by atoms with Crippen LogP contribution >= 0.6 is 0 Å². The number of aromatic nitrogens is 4. The van der Waals surface area contributed by atoms with Gasteiger partial charge in [0.2, 0.25) is 0 Å². The second-order valence-electron chi connectivity index (χ2n) is 22.1. The van der Waals surface area contributed by atoms with Gasteiger partial charge in [0.25, 0.3) is 6.33 Å². The molecule has 398 valence electrons. The maximum absolute atomic E-state index is 9.33. The predicted octanol–water partition coefficient (Wildman–Crippen LogP) is 14.9. The molecule has 0 atom stereocenters. The summed E-state index contributed by atoms with van der Waals surface area (Å²) in [5.41, 5.74) is 4.45. The molecule has 3 aromatic heterocycles. The van der Waals surface area contributed by atoms with E-state index in [0.717, 1.165) is 33.2 Å². The summed E-state index contributed by atoms with van der Waals surface area (Å²) in [5.74, 6) is 1.49. The summed E-state index contributed by atoms with van der Waals surface area (Å²) < 4.78 is 102. The molecule has 0 amide bonds. The zero-order chi connectivity index (χ0) is 63.3. The van der Waals surface area contributed by atoms with Crippen LogP contribution in [0.25, 0.3) is 72.3 Å². The first kappa shape index (κ1) is 42.2. The average molecular weight is 1250 g/mol. The van der Waals surface area contributed by atoms with Gasteiger partial charge in [-0.25, -0.2) is 4.98 Å². The van der Waals surface area contributed by atoms with Crippen LogP contribution in [0.2, 0.25) is 0 Å². The Morgan fingerprint density at radius 1 is 0.506 bits per heavy atom. The molecule has 0 fully saturated rings. The van der Waals surface area contributed by atoms with Crippen molar-refractivity contribution in [2.24, 2.45) is 0 Å². The Labute approximate surface area is 504 Å². The van der Waals surface area contributed by atoms with E-state index in [1.54, 1.807) is 27.3 Å². The van der Waals surface area contributed by atoms with Crippen LogP contribution in [0.3, 0.4) is 0 Å². The first-order chi connectivity index (χ1) is 43.1.